The fraction of sp³-hybridized carbons (Fsp3) is 0.625. The molecule has 2 aliphatic rings. The molecule has 27 heavy (non-hydrogen) atoms. The normalized spacial score (nSPS) is 29.4. The minimum absolute atomic E-state index is 0. The number of rotatable bonds is 6. The molecule has 2 heterocycles. The van der Waals surface area contributed by atoms with Crippen LogP contribution in [0.1, 0.15) is 0 Å². The predicted octanol–water partition coefficient (Wildman–Crippen LogP) is -0.139. The van der Waals surface area contributed by atoms with Crippen molar-refractivity contribution in [3.8, 4) is 0 Å². The third-order valence-corrected chi connectivity index (χ3v) is 6.40. The zero-order valence-corrected chi connectivity index (χ0v) is 16.9. The predicted molar refractivity (Wildman–Crippen MR) is 102 cm³/mol. The summed E-state index contributed by atoms with van der Waals surface area (Å²) < 4.78 is 38.5. The Kier molecular flexibility index (Phi) is 8.29. The molecule has 2 saturated heterocycles. The Hall–Kier alpha value is -0.490. The molecule has 4 atom stereocenters. The van der Waals surface area contributed by atoms with E-state index in [0.717, 1.165) is 0 Å². The molecule has 0 aromatic heterocycles. The van der Waals surface area contributed by atoms with Gasteiger partial charge < -0.3 is 19.7 Å². The zero-order chi connectivity index (χ0) is 18.7. The van der Waals surface area contributed by atoms with E-state index in [-0.39, 0.29) is 30.5 Å². The Morgan fingerprint density at radius 3 is 2.41 bits per heavy atom. The summed E-state index contributed by atoms with van der Waals surface area (Å²) in [6, 6.07) is 5.44. The van der Waals surface area contributed by atoms with Crippen molar-refractivity contribution < 1.29 is 28.1 Å². The van der Waals surface area contributed by atoms with Crippen molar-refractivity contribution >= 4 is 34.0 Å². The van der Waals surface area contributed by atoms with Crippen LogP contribution >= 0.6 is 24.0 Å². The lowest BCUT2D eigenvalue weighted by molar-refractivity contribution is -0.0207. The molecule has 3 rings (SSSR count). The van der Waals surface area contributed by atoms with Crippen LogP contribution in [0.5, 0.6) is 0 Å². The molecule has 3 N–H and O–H groups in total. The lowest BCUT2D eigenvalue weighted by atomic mass is 10.0. The molecule has 0 spiro atoms. The zero-order valence-electron chi connectivity index (χ0n) is 14.5. The van der Waals surface area contributed by atoms with Crippen molar-refractivity contribution in [1.29, 1.82) is 0 Å². The van der Waals surface area contributed by atoms with Gasteiger partial charge in [0.2, 0.25) is 10.0 Å². The maximum Gasteiger partial charge on any atom is 0.240 e. The van der Waals surface area contributed by atoms with Crippen LogP contribution in [0.15, 0.2) is 29.2 Å². The number of morpholine rings is 1. The number of halogens is 2. The van der Waals surface area contributed by atoms with E-state index in [1.165, 1.54) is 24.3 Å². The van der Waals surface area contributed by atoms with Crippen molar-refractivity contribution in [2.24, 2.45) is 0 Å². The highest BCUT2D eigenvalue weighted by atomic mass is 35.5. The lowest BCUT2D eigenvalue weighted by Crippen LogP contribution is -2.54. The number of benzene rings is 1. The van der Waals surface area contributed by atoms with Gasteiger partial charge in [-0.25, -0.2) is 13.1 Å². The summed E-state index contributed by atoms with van der Waals surface area (Å²) in [5.74, 6) is 0. The first kappa shape index (κ1) is 22.8. The van der Waals surface area contributed by atoms with Gasteiger partial charge in [-0.2, -0.15) is 0 Å². The molecule has 2 fully saturated rings. The number of nitrogens with one attached hydrogen (secondary N) is 1. The van der Waals surface area contributed by atoms with Crippen molar-refractivity contribution in [2.75, 3.05) is 39.5 Å². The van der Waals surface area contributed by atoms with Crippen molar-refractivity contribution in [3.05, 3.63) is 29.3 Å². The van der Waals surface area contributed by atoms with Gasteiger partial charge in [0.15, 0.2) is 0 Å². The second kappa shape index (κ2) is 9.82. The van der Waals surface area contributed by atoms with Gasteiger partial charge in [-0.3, -0.25) is 4.90 Å². The van der Waals surface area contributed by atoms with Gasteiger partial charge in [0.1, 0.15) is 12.2 Å². The highest BCUT2D eigenvalue weighted by Gasteiger charge is 2.46. The van der Waals surface area contributed by atoms with Gasteiger partial charge >= 0.3 is 0 Å². The molecule has 0 unspecified atom stereocenters. The summed E-state index contributed by atoms with van der Waals surface area (Å²) in [5.41, 5.74) is 0. The lowest BCUT2D eigenvalue weighted by Gasteiger charge is -2.36. The summed E-state index contributed by atoms with van der Waals surface area (Å²) in [6.45, 7) is 1.96. The maximum absolute atomic E-state index is 12.5. The van der Waals surface area contributed by atoms with Crippen molar-refractivity contribution in [1.82, 2.24) is 9.62 Å². The second-order valence-electron chi connectivity index (χ2n) is 6.33. The van der Waals surface area contributed by atoms with E-state index in [1.807, 2.05) is 4.90 Å². The number of ether oxygens (including phenoxy) is 2. The molecule has 0 saturated carbocycles. The third-order valence-electron chi connectivity index (χ3n) is 4.71. The Balaban J connectivity index is 0.00000261. The van der Waals surface area contributed by atoms with Gasteiger partial charge in [-0.1, -0.05) is 11.6 Å². The molecule has 154 valence electrons. The van der Waals surface area contributed by atoms with E-state index in [0.29, 0.717) is 31.3 Å². The first-order valence-corrected chi connectivity index (χ1v) is 10.3. The molecule has 8 nitrogen and oxygen atoms in total. The summed E-state index contributed by atoms with van der Waals surface area (Å²) in [6.07, 6.45) is -2.22. The van der Waals surface area contributed by atoms with Crippen molar-refractivity contribution in [3.63, 3.8) is 0 Å². The highest BCUT2D eigenvalue weighted by molar-refractivity contribution is 7.89. The molecule has 0 aliphatic carbocycles. The highest BCUT2D eigenvalue weighted by Crippen LogP contribution is 2.26. The first-order chi connectivity index (χ1) is 12.4. The van der Waals surface area contributed by atoms with Crippen LogP contribution in [0.2, 0.25) is 5.02 Å². The molecule has 0 radical (unpaired) electrons. The molecule has 0 amide bonds. The quantitative estimate of drug-likeness (QED) is 0.562. The number of aliphatic hydroxyl groups is 2. The third kappa shape index (κ3) is 5.31. The molecule has 0 bridgehead atoms. The standard InChI is InChI=1S/C16H23ClN2O6S.ClH/c17-11-1-3-12(4-2-11)26(22,23)18-9-13-15(16(21)14(10-20)25-13)19-5-7-24-8-6-19;/h1-4,13-16,18,20-21H,5-10H2;1H/t13-,14+,15+,16-;/m1./s1. The van der Waals surface area contributed by atoms with Crippen LogP contribution in [0, 0.1) is 0 Å². The Bertz CT molecular complexity index is 699. The molecule has 11 heteroatoms. The fourth-order valence-corrected chi connectivity index (χ4v) is 4.53. The average molecular weight is 443 g/mol. The molecular weight excluding hydrogens is 419 g/mol. The molecule has 2 aliphatic heterocycles. The summed E-state index contributed by atoms with van der Waals surface area (Å²) in [4.78, 5) is 2.12. The van der Waals surface area contributed by atoms with Crippen LogP contribution in [-0.4, -0.2) is 87.3 Å². The monoisotopic (exact) mass is 442 g/mol. The van der Waals surface area contributed by atoms with Crippen LogP contribution in [0.25, 0.3) is 0 Å². The number of nitrogens with zero attached hydrogens (tertiary/aromatic N) is 1. The van der Waals surface area contributed by atoms with Crippen LogP contribution in [0.3, 0.4) is 0 Å². The van der Waals surface area contributed by atoms with E-state index in [1.54, 1.807) is 0 Å². The van der Waals surface area contributed by atoms with Gasteiger partial charge in [0.25, 0.3) is 0 Å². The second-order valence-corrected chi connectivity index (χ2v) is 8.53. The van der Waals surface area contributed by atoms with E-state index in [4.69, 9.17) is 21.1 Å². The largest absolute Gasteiger partial charge is 0.394 e. The van der Waals surface area contributed by atoms with E-state index < -0.39 is 34.4 Å². The first-order valence-electron chi connectivity index (χ1n) is 8.44. The topological polar surface area (TPSA) is 108 Å². The van der Waals surface area contributed by atoms with E-state index >= 15 is 0 Å². The SMILES string of the molecule is Cl.O=S(=O)(NC[C@H]1O[C@@H](CO)[C@@H](O)[C@H]1N1CCOCC1)c1ccc(Cl)cc1. The summed E-state index contributed by atoms with van der Waals surface area (Å²) >= 11 is 5.79. The molecular formula is C16H24Cl2N2O6S. The Labute approximate surface area is 169 Å². The summed E-state index contributed by atoms with van der Waals surface area (Å²) in [7, 11) is -3.74. The number of sulfonamides is 1. The van der Waals surface area contributed by atoms with E-state index in [2.05, 4.69) is 4.72 Å². The van der Waals surface area contributed by atoms with Gasteiger partial charge in [0, 0.05) is 24.7 Å². The van der Waals surface area contributed by atoms with Gasteiger partial charge in [0.05, 0.1) is 36.9 Å². The van der Waals surface area contributed by atoms with Crippen LogP contribution < -0.4 is 4.72 Å². The number of hydrogen-bond acceptors (Lipinski definition) is 7. The fourth-order valence-electron chi connectivity index (χ4n) is 3.36. The minimum Gasteiger partial charge on any atom is -0.394 e. The van der Waals surface area contributed by atoms with Gasteiger partial charge in [-0.05, 0) is 24.3 Å². The maximum atomic E-state index is 12.5. The summed E-state index contributed by atoms with van der Waals surface area (Å²) in [5, 5.41) is 20.4. The Morgan fingerprint density at radius 2 is 1.81 bits per heavy atom. The smallest absolute Gasteiger partial charge is 0.240 e. The van der Waals surface area contributed by atoms with Gasteiger partial charge in [-0.15, -0.1) is 12.4 Å². The number of hydrogen-bond donors (Lipinski definition) is 3. The molecule has 1 aromatic carbocycles. The number of aliphatic hydroxyl groups excluding tert-OH is 2. The molecule has 1 aromatic rings. The average Bonchev–Trinajstić information content (AvgIpc) is 2.97. The minimum atomic E-state index is -3.74. The van der Waals surface area contributed by atoms with Crippen molar-refractivity contribution in [2.45, 2.75) is 29.2 Å². The van der Waals surface area contributed by atoms with E-state index in [9.17, 15) is 18.6 Å². The Morgan fingerprint density at radius 1 is 1.19 bits per heavy atom. The van der Waals surface area contributed by atoms with Crippen LogP contribution in [-0.2, 0) is 19.5 Å². The van der Waals surface area contributed by atoms with Crippen LogP contribution in [0.4, 0.5) is 0 Å².